The van der Waals surface area contributed by atoms with Gasteiger partial charge in [0.1, 0.15) is 5.01 Å². The van der Waals surface area contributed by atoms with E-state index >= 15 is 0 Å². The van der Waals surface area contributed by atoms with Crippen LogP contribution in [0.2, 0.25) is 0 Å². The minimum absolute atomic E-state index is 0.793. The molecular formula is C11H18N2OS. The number of aromatic nitrogens is 1. The lowest BCUT2D eigenvalue weighted by Crippen LogP contribution is -2.19. The van der Waals surface area contributed by atoms with E-state index in [-0.39, 0.29) is 0 Å². The highest BCUT2D eigenvalue weighted by molar-refractivity contribution is 7.11. The fraction of sp³-hybridized carbons (Fsp3) is 0.727. The van der Waals surface area contributed by atoms with Gasteiger partial charge in [-0.2, -0.15) is 0 Å². The van der Waals surface area contributed by atoms with Crippen LogP contribution >= 0.6 is 11.3 Å². The summed E-state index contributed by atoms with van der Waals surface area (Å²) in [6.45, 7) is 5.42. The predicted octanol–water partition coefficient (Wildman–Crippen LogP) is 1.76. The average molecular weight is 226 g/mol. The van der Waals surface area contributed by atoms with Gasteiger partial charge in [0.2, 0.25) is 0 Å². The zero-order valence-corrected chi connectivity index (χ0v) is 10.0. The molecule has 0 unspecified atom stereocenters. The Bertz CT molecular complexity index is 290. The van der Waals surface area contributed by atoms with Crippen LogP contribution in [0.5, 0.6) is 0 Å². The van der Waals surface area contributed by atoms with Crippen molar-refractivity contribution in [2.24, 2.45) is 0 Å². The smallest absolute Gasteiger partial charge is 0.107 e. The maximum Gasteiger partial charge on any atom is 0.107 e. The van der Waals surface area contributed by atoms with Crippen molar-refractivity contribution < 1.29 is 4.74 Å². The molecule has 0 amide bonds. The van der Waals surface area contributed by atoms with Crippen LogP contribution in [-0.4, -0.2) is 24.7 Å². The molecule has 0 atom stereocenters. The van der Waals surface area contributed by atoms with E-state index in [1.165, 1.54) is 34.8 Å². The van der Waals surface area contributed by atoms with Crippen LogP contribution in [0.4, 0.5) is 0 Å². The van der Waals surface area contributed by atoms with Gasteiger partial charge in [0.05, 0.1) is 12.3 Å². The van der Waals surface area contributed by atoms with Gasteiger partial charge in [-0.05, 0) is 26.2 Å². The summed E-state index contributed by atoms with van der Waals surface area (Å²) in [5.41, 5.74) is 1.35. The summed E-state index contributed by atoms with van der Waals surface area (Å²) < 4.78 is 5.25. The highest BCUT2D eigenvalue weighted by Gasteiger charge is 2.15. The van der Waals surface area contributed by atoms with E-state index in [9.17, 15) is 0 Å². The summed E-state index contributed by atoms with van der Waals surface area (Å²) in [6.07, 6.45) is 3.73. The molecule has 1 aliphatic rings. The van der Waals surface area contributed by atoms with Gasteiger partial charge in [0.15, 0.2) is 0 Å². The summed E-state index contributed by atoms with van der Waals surface area (Å²) in [6, 6.07) is 0. The molecule has 1 heterocycles. The van der Waals surface area contributed by atoms with Crippen molar-refractivity contribution in [2.45, 2.75) is 32.7 Å². The number of nitrogens with one attached hydrogen (secondary N) is 1. The molecule has 0 saturated heterocycles. The van der Waals surface area contributed by atoms with Gasteiger partial charge in [-0.3, -0.25) is 0 Å². The lowest BCUT2D eigenvalue weighted by atomic mass is 10.4. The number of hydrogen-bond acceptors (Lipinski definition) is 4. The van der Waals surface area contributed by atoms with E-state index in [4.69, 9.17) is 4.74 Å². The van der Waals surface area contributed by atoms with Gasteiger partial charge in [0.25, 0.3) is 0 Å². The van der Waals surface area contributed by atoms with E-state index in [0.29, 0.717) is 0 Å². The Labute approximate surface area is 94.9 Å². The first-order valence-electron chi connectivity index (χ1n) is 5.66. The molecule has 1 aromatic heterocycles. The summed E-state index contributed by atoms with van der Waals surface area (Å²) in [5.74, 6) is 0. The SMILES string of the molecule is CCOCCNCc1nc2c(s1)CCC2. The summed E-state index contributed by atoms with van der Waals surface area (Å²) in [5, 5.41) is 4.58. The van der Waals surface area contributed by atoms with Crippen LogP contribution in [0.15, 0.2) is 0 Å². The zero-order chi connectivity index (χ0) is 10.5. The molecule has 0 radical (unpaired) electrons. The van der Waals surface area contributed by atoms with Crippen LogP contribution in [0.25, 0.3) is 0 Å². The van der Waals surface area contributed by atoms with Crippen molar-refractivity contribution in [1.29, 1.82) is 0 Å². The lowest BCUT2D eigenvalue weighted by molar-refractivity contribution is 0.149. The quantitative estimate of drug-likeness (QED) is 0.751. The number of fused-ring (bicyclic) bond motifs is 1. The molecule has 0 aliphatic heterocycles. The highest BCUT2D eigenvalue weighted by atomic mass is 32.1. The van der Waals surface area contributed by atoms with Crippen LogP contribution in [0.3, 0.4) is 0 Å². The minimum atomic E-state index is 0.793. The van der Waals surface area contributed by atoms with Gasteiger partial charge >= 0.3 is 0 Å². The molecule has 2 rings (SSSR count). The molecule has 0 saturated carbocycles. The summed E-state index contributed by atoms with van der Waals surface area (Å²) in [7, 11) is 0. The fourth-order valence-electron chi connectivity index (χ4n) is 1.80. The Kier molecular flexibility index (Phi) is 4.11. The molecule has 1 aromatic rings. The van der Waals surface area contributed by atoms with Crippen molar-refractivity contribution >= 4 is 11.3 Å². The third-order valence-electron chi connectivity index (χ3n) is 2.54. The second-order valence-corrected chi connectivity index (χ2v) is 4.87. The monoisotopic (exact) mass is 226 g/mol. The Morgan fingerprint density at radius 2 is 2.40 bits per heavy atom. The minimum Gasteiger partial charge on any atom is -0.380 e. The Morgan fingerprint density at radius 1 is 1.47 bits per heavy atom. The van der Waals surface area contributed by atoms with Crippen molar-refractivity contribution in [2.75, 3.05) is 19.8 Å². The molecule has 1 N–H and O–H groups in total. The first-order valence-corrected chi connectivity index (χ1v) is 6.47. The molecule has 1 aliphatic carbocycles. The number of rotatable bonds is 6. The summed E-state index contributed by atoms with van der Waals surface area (Å²) >= 11 is 1.87. The van der Waals surface area contributed by atoms with Crippen molar-refractivity contribution in [3.8, 4) is 0 Å². The lowest BCUT2D eigenvalue weighted by Gasteiger charge is -2.02. The van der Waals surface area contributed by atoms with Crippen LogP contribution < -0.4 is 5.32 Å². The number of aryl methyl sites for hydroxylation is 2. The molecule has 4 heteroatoms. The molecule has 3 nitrogen and oxygen atoms in total. The zero-order valence-electron chi connectivity index (χ0n) is 9.21. The second kappa shape index (κ2) is 5.58. The van der Waals surface area contributed by atoms with E-state index < -0.39 is 0 Å². The van der Waals surface area contributed by atoms with Crippen LogP contribution in [-0.2, 0) is 24.1 Å². The first kappa shape index (κ1) is 11.0. The van der Waals surface area contributed by atoms with Gasteiger partial charge in [-0.15, -0.1) is 11.3 Å². The van der Waals surface area contributed by atoms with E-state index in [1.54, 1.807) is 0 Å². The molecule has 0 fully saturated rings. The second-order valence-electron chi connectivity index (χ2n) is 3.70. The maximum atomic E-state index is 5.25. The molecule has 0 bridgehead atoms. The fourth-order valence-corrected chi connectivity index (χ4v) is 2.93. The third kappa shape index (κ3) is 3.00. The van der Waals surface area contributed by atoms with Crippen LogP contribution in [0.1, 0.15) is 28.9 Å². The average Bonchev–Trinajstić information content (AvgIpc) is 2.77. The molecular weight excluding hydrogens is 208 g/mol. The van der Waals surface area contributed by atoms with Crippen LogP contribution in [0, 0.1) is 0 Å². The Morgan fingerprint density at radius 3 is 3.20 bits per heavy atom. The molecule has 0 aromatic carbocycles. The van der Waals surface area contributed by atoms with Gasteiger partial charge in [-0.1, -0.05) is 0 Å². The van der Waals surface area contributed by atoms with E-state index in [2.05, 4.69) is 10.3 Å². The number of nitrogens with zero attached hydrogens (tertiary/aromatic N) is 1. The largest absolute Gasteiger partial charge is 0.380 e. The predicted molar refractivity (Wildman–Crippen MR) is 62.3 cm³/mol. The van der Waals surface area contributed by atoms with E-state index in [1.807, 2.05) is 18.3 Å². The van der Waals surface area contributed by atoms with Gasteiger partial charge < -0.3 is 10.1 Å². The normalized spacial score (nSPS) is 14.5. The Hall–Kier alpha value is -0.450. The van der Waals surface area contributed by atoms with Crippen molar-refractivity contribution in [3.63, 3.8) is 0 Å². The molecule has 0 spiro atoms. The molecule has 15 heavy (non-hydrogen) atoms. The van der Waals surface area contributed by atoms with Crippen molar-refractivity contribution in [3.05, 3.63) is 15.6 Å². The maximum absolute atomic E-state index is 5.25. The van der Waals surface area contributed by atoms with E-state index in [0.717, 1.165) is 26.3 Å². The van der Waals surface area contributed by atoms with Gasteiger partial charge in [0, 0.05) is 24.6 Å². The summed E-state index contributed by atoms with van der Waals surface area (Å²) in [4.78, 5) is 6.13. The number of hydrogen-bond donors (Lipinski definition) is 1. The molecule has 84 valence electrons. The number of ether oxygens (including phenoxy) is 1. The first-order chi connectivity index (χ1) is 7.40. The highest BCUT2D eigenvalue weighted by Crippen LogP contribution is 2.27. The standard InChI is InChI=1S/C11H18N2OS/c1-2-14-7-6-12-8-11-13-9-4-3-5-10(9)15-11/h12H,2-8H2,1H3. The van der Waals surface area contributed by atoms with Crippen molar-refractivity contribution in [1.82, 2.24) is 10.3 Å². The topological polar surface area (TPSA) is 34.1 Å². The third-order valence-corrected chi connectivity index (χ3v) is 3.70. The number of thiazole rings is 1. The van der Waals surface area contributed by atoms with Gasteiger partial charge in [-0.25, -0.2) is 4.98 Å². The Balaban J connectivity index is 1.70.